The Morgan fingerprint density at radius 1 is 1.35 bits per heavy atom. The topological polar surface area (TPSA) is 49.3 Å². The van der Waals surface area contributed by atoms with Crippen molar-refractivity contribution in [2.75, 3.05) is 18.9 Å². The maximum Gasteiger partial charge on any atom is 0.220 e. The molecule has 0 spiro atoms. The Balaban J connectivity index is 1.62. The van der Waals surface area contributed by atoms with Crippen LogP contribution in [0, 0.1) is 5.41 Å². The van der Waals surface area contributed by atoms with Gasteiger partial charge in [-0.2, -0.15) is 0 Å². The zero-order valence-corrected chi connectivity index (χ0v) is 13.0. The number of thioether (sulfide) groups is 1. The van der Waals surface area contributed by atoms with E-state index in [0.29, 0.717) is 13.0 Å². The molecule has 1 amide bonds. The molecule has 0 saturated heterocycles. The number of halogens is 1. The molecule has 0 aliphatic heterocycles. The second-order valence-electron chi connectivity index (χ2n) is 5.30. The van der Waals surface area contributed by atoms with E-state index in [-0.39, 0.29) is 17.9 Å². The van der Waals surface area contributed by atoms with Crippen molar-refractivity contribution in [2.45, 2.75) is 30.6 Å². The molecule has 1 fully saturated rings. The number of aliphatic hydroxyl groups is 1. The summed E-state index contributed by atoms with van der Waals surface area (Å²) in [5, 5.41) is 12.7. The predicted octanol–water partition coefficient (Wildman–Crippen LogP) is 3.10. The van der Waals surface area contributed by atoms with E-state index >= 15 is 0 Å². The minimum Gasteiger partial charge on any atom is -0.396 e. The molecule has 1 aromatic carbocycles. The van der Waals surface area contributed by atoms with E-state index in [1.165, 1.54) is 0 Å². The molecule has 2 N–H and O–H groups in total. The van der Waals surface area contributed by atoms with E-state index in [1.54, 1.807) is 11.8 Å². The number of benzene rings is 1. The van der Waals surface area contributed by atoms with Crippen molar-refractivity contribution in [1.29, 1.82) is 0 Å². The zero-order chi connectivity index (χ0) is 14.4. The van der Waals surface area contributed by atoms with Crippen molar-refractivity contribution in [3.8, 4) is 0 Å². The molecule has 1 aliphatic carbocycles. The van der Waals surface area contributed by atoms with Gasteiger partial charge in [0.2, 0.25) is 5.91 Å². The first-order valence-electron chi connectivity index (χ1n) is 6.89. The Hall–Kier alpha value is -0.710. The van der Waals surface area contributed by atoms with E-state index in [2.05, 4.69) is 5.32 Å². The van der Waals surface area contributed by atoms with E-state index in [4.69, 9.17) is 16.7 Å². The standard InChI is InChI=1S/C15H20ClNO2S/c16-12-1-3-13(4-2-12)20-10-5-14(19)17-11-15(6-7-15)8-9-18/h1-4,18H,5-11H2,(H,17,19). The van der Waals surface area contributed by atoms with Gasteiger partial charge in [0.15, 0.2) is 0 Å². The lowest BCUT2D eigenvalue weighted by Gasteiger charge is -2.14. The lowest BCUT2D eigenvalue weighted by atomic mass is 10.0. The van der Waals surface area contributed by atoms with Crippen LogP contribution in [0.1, 0.15) is 25.7 Å². The Kier molecular flexibility index (Phi) is 5.75. The lowest BCUT2D eigenvalue weighted by Crippen LogP contribution is -2.30. The van der Waals surface area contributed by atoms with E-state index in [0.717, 1.165) is 34.9 Å². The normalized spacial score (nSPS) is 15.9. The molecule has 0 heterocycles. The summed E-state index contributed by atoms with van der Waals surface area (Å²) >= 11 is 7.48. The van der Waals surface area contributed by atoms with Gasteiger partial charge in [-0.15, -0.1) is 11.8 Å². The van der Waals surface area contributed by atoms with Gasteiger partial charge in [-0.05, 0) is 48.9 Å². The molecule has 20 heavy (non-hydrogen) atoms. The van der Waals surface area contributed by atoms with Gasteiger partial charge in [0, 0.05) is 35.2 Å². The summed E-state index contributed by atoms with van der Waals surface area (Å²) in [5.41, 5.74) is 0.188. The third kappa shape index (κ3) is 5.00. The van der Waals surface area contributed by atoms with E-state index in [9.17, 15) is 4.79 Å². The van der Waals surface area contributed by atoms with Crippen LogP contribution in [0.3, 0.4) is 0 Å². The summed E-state index contributed by atoms with van der Waals surface area (Å²) in [6.07, 6.45) is 3.55. The Labute approximate surface area is 129 Å². The highest BCUT2D eigenvalue weighted by Crippen LogP contribution is 2.47. The maximum atomic E-state index is 11.8. The number of hydrogen-bond acceptors (Lipinski definition) is 3. The molecule has 1 aromatic rings. The molecule has 0 atom stereocenters. The average Bonchev–Trinajstić information content (AvgIpc) is 3.20. The fourth-order valence-corrected chi connectivity index (χ4v) is 3.07. The van der Waals surface area contributed by atoms with Crippen LogP contribution in [0.5, 0.6) is 0 Å². The summed E-state index contributed by atoms with van der Waals surface area (Å²) < 4.78 is 0. The fourth-order valence-electron chi connectivity index (χ4n) is 2.10. The molecule has 0 radical (unpaired) electrons. The van der Waals surface area contributed by atoms with Gasteiger partial charge >= 0.3 is 0 Å². The van der Waals surface area contributed by atoms with Crippen molar-refractivity contribution in [2.24, 2.45) is 5.41 Å². The molecule has 0 bridgehead atoms. The van der Waals surface area contributed by atoms with Crippen molar-refractivity contribution >= 4 is 29.3 Å². The molecule has 5 heteroatoms. The SMILES string of the molecule is O=C(CCSc1ccc(Cl)cc1)NCC1(CCO)CC1. The zero-order valence-electron chi connectivity index (χ0n) is 11.4. The first-order chi connectivity index (χ1) is 9.63. The summed E-state index contributed by atoms with van der Waals surface area (Å²) in [4.78, 5) is 12.9. The van der Waals surface area contributed by atoms with Crippen LogP contribution < -0.4 is 5.32 Å². The highest BCUT2D eigenvalue weighted by Gasteiger charge is 2.41. The first kappa shape index (κ1) is 15.7. The van der Waals surface area contributed by atoms with Crippen LogP contribution in [0.2, 0.25) is 5.02 Å². The smallest absolute Gasteiger partial charge is 0.220 e. The molecule has 0 unspecified atom stereocenters. The van der Waals surface area contributed by atoms with Gasteiger partial charge in [0.1, 0.15) is 0 Å². The van der Waals surface area contributed by atoms with Gasteiger partial charge in [0.05, 0.1) is 0 Å². The Morgan fingerprint density at radius 2 is 2.05 bits per heavy atom. The van der Waals surface area contributed by atoms with Crippen molar-refractivity contribution in [1.82, 2.24) is 5.32 Å². The van der Waals surface area contributed by atoms with Crippen molar-refractivity contribution in [3.05, 3.63) is 29.3 Å². The third-order valence-corrected chi connectivity index (χ3v) is 4.94. The fraction of sp³-hybridized carbons (Fsp3) is 0.533. The molecular weight excluding hydrogens is 294 g/mol. The van der Waals surface area contributed by atoms with Crippen LogP contribution in [-0.4, -0.2) is 29.9 Å². The number of aliphatic hydroxyl groups excluding tert-OH is 1. The van der Waals surface area contributed by atoms with Crippen LogP contribution in [0.4, 0.5) is 0 Å². The number of rotatable bonds is 8. The Morgan fingerprint density at radius 3 is 2.65 bits per heavy atom. The predicted molar refractivity (Wildman–Crippen MR) is 83.2 cm³/mol. The van der Waals surface area contributed by atoms with E-state index < -0.39 is 0 Å². The monoisotopic (exact) mass is 313 g/mol. The molecule has 2 rings (SSSR count). The number of nitrogens with one attached hydrogen (secondary N) is 1. The van der Waals surface area contributed by atoms with Crippen LogP contribution in [0.15, 0.2) is 29.2 Å². The van der Waals surface area contributed by atoms with Crippen molar-refractivity contribution < 1.29 is 9.90 Å². The summed E-state index contributed by atoms with van der Waals surface area (Å²) in [6, 6.07) is 7.64. The number of hydrogen-bond donors (Lipinski definition) is 2. The maximum absolute atomic E-state index is 11.8. The first-order valence-corrected chi connectivity index (χ1v) is 8.26. The minimum absolute atomic E-state index is 0.0932. The summed E-state index contributed by atoms with van der Waals surface area (Å²) in [7, 11) is 0. The van der Waals surface area contributed by atoms with Gasteiger partial charge < -0.3 is 10.4 Å². The second kappa shape index (κ2) is 7.34. The molecule has 1 saturated carbocycles. The highest BCUT2D eigenvalue weighted by molar-refractivity contribution is 7.99. The third-order valence-electron chi connectivity index (χ3n) is 3.67. The number of amides is 1. The van der Waals surface area contributed by atoms with Crippen molar-refractivity contribution in [3.63, 3.8) is 0 Å². The molecular formula is C15H20ClNO2S. The lowest BCUT2D eigenvalue weighted by molar-refractivity contribution is -0.120. The largest absolute Gasteiger partial charge is 0.396 e. The van der Waals surface area contributed by atoms with Gasteiger partial charge in [-0.25, -0.2) is 0 Å². The highest BCUT2D eigenvalue weighted by atomic mass is 35.5. The summed E-state index contributed by atoms with van der Waals surface area (Å²) in [6.45, 7) is 0.917. The van der Waals surface area contributed by atoms with Gasteiger partial charge in [0.25, 0.3) is 0 Å². The van der Waals surface area contributed by atoms with Gasteiger partial charge in [-0.3, -0.25) is 4.79 Å². The summed E-state index contributed by atoms with van der Waals surface area (Å²) in [5.74, 6) is 0.858. The van der Waals surface area contributed by atoms with Crippen LogP contribution >= 0.6 is 23.4 Å². The second-order valence-corrected chi connectivity index (χ2v) is 6.91. The Bertz CT molecular complexity index is 446. The quantitative estimate of drug-likeness (QED) is 0.725. The minimum atomic E-state index is 0.0932. The number of carbonyl (C=O) groups is 1. The van der Waals surface area contributed by atoms with Crippen LogP contribution in [-0.2, 0) is 4.79 Å². The molecule has 110 valence electrons. The van der Waals surface area contributed by atoms with E-state index in [1.807, 2.05) is 24.3 Å². The molecule has 0 aromatic heterocycles. The number of carbonyl (C=O) groups excluding carboxylic acids is 1. The van der Waals surface area contributed by atoms with Crippen LogP contribution in [0.25, 0.3) is 0 Å². The van der Waals surface area contributed by atoms with Gasteiger partial charge in [-0.1, -0.05) is 11.6 Å². The molecule has 3 nitrogen and oxygen atoms in total. The average molecular weight is 314 g/mol. The molecule has 1 aliphatic rings.